The van der Waals surface area contributed by atoms with Crippen LogP contribution in [0.1, 0.15) is 17.0 Å². The number of benzene rings is 1. The van der Waals surface area contributed by atoms with Gasteiger partial charge < -0.3 is 14.0 Å². The highest BCUT2D eigenvalue weighted by Gasteiger charge is 2.17. The van der Waals surface area contributed by atoms with Crippen molar-refractivity contribution >= 4 is 23.4 Å². The van der Waals surface area contributed by atoms with Crippen molar-refractivity contribution in [1.29, 1.82) is 0 Å². The summed E-state index contributed by atoms with van der Waals surface area (Å²) in [6.45, 7) is 7.20. The monoisotopic (exact) mass is 337 g/mol. The number of fused-ring (bicyclic) bond motifs is 1. The number of thioether (sulfide) groups is 1. The third-order valence-corrected chi connectivity index (χ3v) is 4.56. The number of aromatic nitrogens is 3. The topological polar surface area (TPSA) is 49.2 Å². The van der Waals surface area contributed by atoms with E-state index in [9.17, 15) is 0 Å². The molecule has 3 rings (SSSR count). The summed E-state index contributed by atoms with van der Waals surface area (Å²) in [6.07, 6.45) is 1.84. The number of allylic oxidation sites excluding steroid dienone is 1. The summed E-state index contributed by atoms with van der Waals surface area (Å²) in [5.41, 5.74) is 2.03. The summed E-state index contributed by atoms with van der Waals surface area (Å²) >= 11 is 7.79. The highest BCUT2D eigenvalue weighted by Crippen LogP contribution is 2.35. The molecular weight excluding hydrogens is 322 g/mol. The summed E-state index contributed by atoms with van der Waals surface area (Å²) in [5, 5.41) is 9.88. The zero-order valence-corrected chi connectivity index (χ0v) is 13.8. The molecule has 0 N–H and O–H groups in total. The van der Waals surface area contributed by atoms with Gasteiger partial charge in [0.25, 0.3) is 0 Å². The Labute approximate surface area is 138 Å². The van der Waals surface area contributed by atoms with Crippen LogP contribution in [0.5, 0.6) is 5.75 Å². The predicted molar refractivity (Wildman–Crippen MR) is 86.3 cm³/mol. The summed E-state index contributed by atoms with van der Waals surface area (Å²) in [4.78, 5) is 0. The first kappa shape index (κ1) is 15.4. The lowest BCUT2D eigenvalue weighted by atomic mass is 10.1. The van der Waals surface area contributed by atoms with Gasteiger partial charge in [0.05, 0.1) is 6.61 Å². The molecule has 22 heavy (non-hydrogen) atoms. The SMILES string of the molecule is C=CCn1c(C)nnc1SCc1cc(Cl)cc2c1OCOC2. The fourth-order valence-corrected chi connectivity index (χ4v) is 3.54. The van der Waals surface area contributed by atoms with Crippen molar-refractivity contribution in [2.24, 2.45) is 0 Å². The maximum atomic E-state index is 6.18. The van der Waals surface area contributed by atoms with Gasteiger partial charge in [0.2, 0.25) is 0 Å². The van der Waals surface area contributed by atoms with E-state index in [1.54, 1.807) is 11.8 Å². The van der Waals surface area contributed by atoms with Gasteiger partial charge in [0, 0.05) is 28.4 Å². The van der Waals surface area contributed by atoms with Crippen LogP contribution >= 0.6 is 23.4 Å². The van der Waals surface area contributed by atoms with Crippen LogP contribution in [0.25, 0.3) is 0 Å². The first-order chi connectivity index (χ1) is 10.7. The molecule has 1 aliphatic heterocycles. The Bertz CT molecular complexity index is 702. The number of nitrogens with zero attached hydrogens (tertiary/aromatic N) is 3. The van der Waals surface area contributed by atoms with Gasteiger partial charge in [-0.15, -0.1) is 16.8 Å². The van der Waals surface area contributed by atoms with Gasteiger partial charge in [-0.05, 0) is 19.1 Å². The van der Waals surface area contributed by atoms with E-state index in [1.807, 2.05) is 29.7 Å². The smallest absolute Gasteiger partial charge is 0.191 e. The lowest BCUT2D eigenvalue weighted by Gasteiger charge is -2.21. The minimum absolute atomic E-state index is 0.276. The molecule has 1 aromatic heterocycles. The van der Waals surface area contributed by atoms with Gasteiger partial charge in [-0.1, -0.05) is 29.4 Å². The average Bonchev–Trinajstić information content (AvgIpc) is 2.86. The van der Waals surface area contributed by atoms with E-state index in [4.69, 9.17) is 21.1 Å². The minimum atomic E-state index is 0.276. The molecule has 0 bridgehead atoms. The summed E-state index contributed by atoms with van der Waals surface area (Å²) in [5.74, 6) is 2.45. The van der Waals surface area contributed by atoms with Gasteiger partial charge in [-0.25, -0.2) is 0 Å². The van der Waals surface area contributed by atoms with Crippen molar-refractivity contribution in [3.05, 3.63) is 46.8 Å². The quantitative estimate of drug-likeness (QED) is 0.616. The molecule has 0 unspecified atom stereocenters. The number of hydrogen-bond donors (Lipinski definition) is 0. The molecule has 1 aliphatic rings. The molecule has 0 aliphatic carbocycles. The first-order valence-electron chi connectivity index (χ1n) is 6.84. The van der Waals surface area contributed by atoms with E-state index in [-0.39, 0.29) is 6.79 Å². The Hall–Kier alpha value is -1.50. The normalized spacial score (nSPS) is 13.5. The fraction of sp³-hybridized carbons (Fsp3) is 0.333. The predicted octanol–water partition coefficient (Wildman–Crippen LogP) is 3.58. The van der Waals surface area contributed by atoms with E-state index < -0.39 is 0 Å². The largest absolute Gasteiger partial charge is 0.467 e. The highest BCUT2D eigenvalue weighted by atomic mass is 35.5. The van der Waals surface area contributed by atoms with Crippen LogP contribution in [-0.4, -0.2) is 21.6 Å². The number of ether oxygens (including phenoxy) is 2. The van der Waals surface area contributed by atoms with Gasteiger partial charge in [0.15, 0.2) is 11.9 Å². The summed E-state index contributed by atoms with van der Waals surface area (Å²) < 4.78 is 13.0. The zero-order valence-electron chi connectivity index (χ0n) is 12.2. The second-order valence-corrected chi connectivity index (χ2v) is 6.26. The molecule has 2 aromatic rings. The van der Waals surface area contributed by atoms with Crippen molar-refractivity contribution in [2.45, 2.75) is 31.0 Å². The molecule has 0 saturated carbocycles. The Balaban J connectivity index is 1.82. The van der Waals surface area contributed by atoms with E-state index in [0.29, 0.717) is 23.9 Å². The minimum Gasteiger partial charge on any atom is -0.467 e. The molecule has 1 aromatic carbocycles. The van der Waals surface area contributed by atoms with Crippen molar-refractivity contribution in [2.75, 3.05) is 6.79 Å². The van der Waals surface area contributed by atoms with Gasteiger partial charge in [-0.2, -0.15) is 0 Å². The molecule has 2 heterocycles. The van der Waals surface area contributed by atoms with E-state index >= 15 is 0 Å². The molecule has 0 spiro atoms. The lowest BCUT2D eigenvalue weighted by molar-refractivity contribution is -0.0168. The Morgan fingerprint density at radius 3 is 3.14 bits per heavy atom. The van der Waals surface area contributed by atoms with Crippen LogP contribution in [0, 0.1) is 6.92 Å². The summed E-state index contributed by atoms with van der Waals surface area (Å²) in [6, 6.07) is 3.81. The Morgan fingerprint density at radius 1 is 1.45 bits per heavy atom. The van der Waals surface area contributed by atoms with Crippen LogP contribution in [0.15, 0.2) is 29.9 Å². The maximum Gasteiger partial charge on any atom is 0.191 e. The summed E-state index contributed by atoms with van der Waals surface area (Å²) in [7, 11) is 0. The third kappa shape index (κ3) is 3.14. The van der Waals surface area contributed by atoms with Gasteiger partial charge in [-0.3, -0.25) is 0 Å². The van der Waals surface area contributed by atoms with E-state index in [0.717, 1.165) is 27.9 Å². The lowest BCUT2D eigenvalue weighted by Crippen LogP contribution is -2.13. The molecular formula is C15H16ClN3O2S. The second kappa shape index (κ2) is 6.73. The van der Waals surface area contributed by atoms with Crippen LogP contribution in [0.4, 0.5) is 0 Å². The van der Waals surface area contributed by atoms with Crippen LogP contribution < -0.4 is 4.74 Å². The van der Waals surface area contributed by atoms with Crippen molar-refractivity contribution in [3.8, 4) is 5.75 Å². The van der Waals surface area contributed by atoms with Crippen molar-refractivity contribution in [3.63, 3.8) is 0 Å². The maximum absolute atomic E-state index is 6.18. The molecule has 0 fully saturated rings. The highest BCUT2D eigenvalue weighted by molar-refractivity contribution is 7.98. The second-order valence-electron chi connectivity index (χ2n) is 4.88. The Morgan fingerprint density at radius 2 is 2.32 bits per heavy atom. The van der Waals surface area contributed by atoms with Crippen LogP contribution in [0.2, 0.25) is 5.02 Å². The number of aryl methyl sites for hydroxylation is 1. The zero-order chi connectivity index (χ0) is 15.5. The molecule has 0 atom stereocenters. The first-order valence-corrected chi connectivity index (χ1v) is 8.20. The third-order valence-electron chi connectivity index (χ3n) is 3.32. The van der Waals surface area contributed by atoms with Crippen molar-refractivity contribution < 1.29 is 9.47 Å². The fourth-order valence-electron chi connectivity index (χ4n) is 2.31. The molecule has 0 amide bonds. The van der Waals surface area contributed by atoms with E-state index in [1.165, 1.54) is 0 Å². The van der Waals surface area contributed by atoms with Crippen LogP contribution in [0.3, 0.4) is 0 Å². The molecule has 0 saturated heterocycles. The average molecular weight is 338 g/mol. The number of rotatable bonds is 5. The molecule has 116 valence electrons. The standard InChI is InChI=1S/C15H16ClN3O2S/c1-3-4-19-10(2)17-18-15(19)22-8-12-6-13(16)5-11-7-20-9-21-14(11)12/h3,5-6H,1,4,7-9H2,2H3. The molecule has 5 nitrogen and oxygen atoms in total. The number of hydrogen-bond acceptors (Lipinski definition) is 5. The molecule has 0 radical (unpaired) electrons. The number of halogens is 1. The van der Waals surface area contributed by atoms with Gasteiger partial charge in [0.1, 0.15) is 11.6 Å². The molecule has 7 heteroatoms. The van der Waals surface area contributed by atoms with E-state index in [2.05, 4.69) is 16.8 Å². The van der Waals surface area contributed by atoms with Crippen LogP contribution in [-0.2, 0) is 23.6 Å². The Kier molecular flexibility index (Phi) is 4.71. The van der Waals surface area contributed by atoms with Gasteiger partial charge >= 0.3 is 0 Å². The van der Waals surface area contributed by atoms with Crippen molar-refractivity contribution in [1.82, 2.24) is 14.8 Å².